The Bertz CT molecular complexity index is 878. The number of fused-ring (bicyclic) bond motifs is 1. The van der Waals surface area contributed by atoms with E-state index in [0.29, 0.717) is 24.8 Å². The highest BCUT2D eigenvalue weighted by Gasteiger charge is 2.25. The topological polar surface area (TPSA) is 65.5 Å². The molecule has 166 valence electrons. The summed E-state index contributed by atoms with van der Waals surface area (Å²) in [7, 11) is 1.81. The van der Waals surface area contributed by atoms with Crippen LogP contribution in [0, 0.1) is 5.92 Å². The van der Waals surface area contributed by atoms with Gasteiger partial charge in [-0.15, -0.1) is 24.0 Å². The van der Waals surface area contributed by atoms with E-state index in [9.17, 15) is 4.79 Å². The Morgan fingerprint density at radius 2 is 1.65 bits per heavy atom. The van der Waals surface area contributed by atoms with Gasteiger partial charge in [0.1, 0.15) is 0 Å². The highest BCUT2D eigenvalue weighted by atomic mass is 127. The Kier molecular flexibility index (Phi) is 8.75. The van der Waals surface area contributed by atoms with Crippen molar-refractivity contribution in [3.8, 4) is 0 Å². The molecule has 6 heteroatoms. The van der Waals surface area contributed by atoms with Gasteiger partial charge in [-0.2, -0.15) is 0 Å². The first-order valence-corrected chi connectivity index (χ1v) is 11.1. The molecule has 1 aliphatic heterocycles. The molecular formula is C25H33IN4O. The maximum absolute atomic E-state index is 12.0. The van der Waals surface area contributed by atoms with Gasteiger partial charge in [0.15, 0.2) is 5.96 Å². The monoisotopic (exact) mass is 532 g/mol. The fraction of sp³-hybridized carbons (Fsp3) is 0.440. The molecular weight excluding hydrogens is 499 g/mol. The van der Waals surface area contributed by atoms with E-state index >= 15 is 0 Å². The summed E-state index contributed by atoms with van der Waals surface area (Å²) < 4.78 is 0. The fourth-order valence-electron chi connectivity index (χ4n) is 4.79. The number of aliphatic imine (C=N–C) groups is 1. The lowest BCUT2D eigenvalue weighted by Gasteiger charge is -2.30. The van der Waals surface area contributed by atoms with Crippen molar-refractivity contribution in [2.45, 2.75) is 43.9 Å². The minimum atomic E-state index is 0. The highest BCUT2D eigenvalue weighted by molar-refractivity contribution is 14.0. The van der Waals surface area contributed by atoms with Crippen molar-refractivity contribution in [1.29, 1.82) is 0 Å². The summed E-state index contributed by atoms with van der Waals surface area (Å²) in [5.41, 5.74) is 3.61. The standard InChI is InChI=1S/C25H32N4O.HI/c1-26-25(28-17-21-15-24(30)29-23-10-6-5-9-22(21)23)27-16-18-11-13-20(14-12-18)19-7-3-2-4-8-19;/h2-10,18,20-21H,11-17H2,1H3,(H,29,30)(H2,26,27,28);1H. The molecule has 1 atom stereocenters. The smallest absolute Gasteiger partial charge is 0.225 e. The molecule has 1 heterocycles. The second kappa shape index (κ2) is 11.5. The van der Waals surface area contributed by atoms with Crippen LogP contribution in [-0.4, -0.2) is 32.0 Å². The molecule has 0 saturated heterocycles. The summed E-state index contributed by atoms with van der Waals surface area (Å²) in [6.45, 7) is 1.65. The third-order valence-corrected chi connectivity index (χ3v) is 6.52. The van der Waals surface area contributed by atoms with Crippen molar-refractivity contribution in [3.63, 3.8) is 0 Å². The van der Waals surface area contributed by atoms with E-state index < -0.39 is 0 Å². The van der Waals surface area contributed by atoms with Crippen molar-refractivity contribution in [2.75, 3.05) is 25.5 Å². The van der Waals surface area contributed by atoms with Gasteiger partial charge in [0.2, 0.25) is 5.91 Å². The largest absolute Gasteiger partial charge is 0.356 e. The maximum Gasteiger partial charge on any atom is 0.225 e. The van der Waals surface area contributed by atoms with E-state index in [-0.39, 0.29) is 35.8 Å². The second-order valence-corrected chi connectivity index (χ2v) is 8.50. The number of amides is 1. The molecule has 1 aliphatic carbocycles. The van der Waals surface area contributed by atoms with E-state index in [0.717, 1.165) is 18.2 Å². The average Bonchev–Trinajstić information content (AvgIpc) is 2.80. The molecule has 31 heavy (non-hydrogen) atoms. The van der Waals surface area contributed by atoms with Gasteiger partial charge in [-0.05, 0) is 54.7 Å². The first kappa shape index (κ1) is 23.6. The third-order valence-electron chi connectivity index (χ3n) is 6.52. The van der Waals surface area contributed by atoms with E-state index in [1.807, 2.05) is 25.2 Å². The van der Waals surface area contributed by atoms with Gasteiger partial charge in [0.05, 0.1) is 0 Å². The van der Waals surface area contributed by atoms with Gasteiger partial charge in [0, 0.05) is 38.2 Å². The Labute approximate surface area is 202 Å². The molecule has 2 aromatic rings. The van der Waals surface area contributed by atoms with Crippen molar-refractivity contribution in [1.82, 2.24) is 10.6 Å². The Morgan fingerprint density at radius 3 is 2.39 bits per heavy atom. The van der Waals surface area contributed by atoms with E-state index in [4.69, 9.17) is 0 Å². The lowest BCUT2D eigenvalue weighted by molar-refractivity contribution is -0.116. The number of hydrogen-bond donors (Lipinski definition) is 3. The number of anilines is 1. The molecule has 0 aromatic heterocycles. The predicted molar refractivity (Wildman–Crippen MR) is 138 cm³/mol. The Morgan fingerprint density at radius 1 is 0.968 bits per heavy atom. The number of para-hydroxylation sites is 1. The molecule has 0 radical (unpaired) electrons. The minimum absolute atomic E-state index is 0. The molecule has 2 aromatic carbocycles. The number of nitrogens with zero attached hydrogens (tertiary/aromatic N) is 1. The number of hydrogen-bond acceptors (Lipinski definition) is 2. The number of guanidine groups is 1. The molecule has 3 N–H and O–H groups in total. The number of nitrogens with one attached hydrogen (secondary N) is 3. The molecule has 1 fully saturated rings. The SMILES string of the molecule is CN=C(NCC1CCC(c2ccccc2)CC1)NCC1CC(=O)Nc2ccccc21.I. The van der Waals surface area contributed by atoms with Gasteiger partial charge in [0.25, 0.3) is 0 Å². The molecule has 0 bridgehead atoms. The van der Waals surface area contributed by atoms with Gasteiger partial charge in [-0.3, -0.25) is 9.79 Å². The van der Waals surface area contributed by atoms with Crippen molar-refractivity contribution in [3.05, 3.63) is 65.7 Å². The van der Waals surface area contributed by atoms with Crippen molar-refractivity contribution in [2.24, 2.45) is 10.9 Å². The zero-order valence-electron chi connectivity index (χ0n) is 18.1. The van der Waals surface area contributed by atoms with Crippen LogP contribution in [0.1, 0.15) is 55.1 Å². The lowest BCUT2D eigenvalue weighted by Crippen LogP contribution is -2.42. The number of carbonyl (C=O) groups excluding carboxylic acids is 1. The van der Waals surface area contributed by atoms with Crippen LogP contribution < -0.4 is 16.0 Å². The van der Waals surface area contributed by atoms with Crippen LogP contribution in [0.3, 0.4) is 0 Å². The normalized spacial score (nSPS) is 23.2. The van der Waals surface area contributed by atoms with Crippen LogP contribution in [-0.2, 0) is 4.79 Å². The molecule has 5 nitrogen and oxygen atoms in total. The van der Waals surface area contributed by atoms with Crippen LogP contribution in [0.2, 0.25) is 0 Å². The van der Waals surface area contributed by atoms with Gasteiger partial charge >= 0.3 is 0 Å². The van der Waals surface area contributed by atoms with Gasteiger partial charge < -0.3 is 16.0 Å². The number of carbonyl (C=O) groups is 1. The molecule has 2 aliphatic rings. The highest BCUT2D eigenvalue weighted by Crippen LogP contribution is 2.35. The zero-order chi connectivity index (χ0) is 20.8. The first-order chi connectivity index (χ1) is 14.7. The number of rotatable bonds is 5. The molecule has 0 spiro atoms. The average molecular weight is 532 g/mol. The van der Waals surface area contributed by atoms with Crippen LogP contribution >= 0.6 is 24.0 Å². The molecule has 1 saturated carbocycles. The summed E-state index contributed by atoms with van der Waals surface area (Å²) in [5, 5.41) is 9.90. The lowest BCUT2D eigenvalue weighted by atomic mass is 9.79. The van der Waals surface area contributed by atoms with Gasteiger partial charge in [-0.25, -0.2) is 0 Å². The third kappa shape index (κ3) is 6.21. The van der Waals surface area contributed by atoms with E-state index in [1.54, 1.807) is 0 Å². The van der Waals surface area contributed by atoms with E-state index in [2.05, 4.69) is 57.3 Å². The van der Waals surface area contributed by atoms with Crippen molar-refractivity contribution >= 4 is 41.5 Å². The fourth-order valence-corrected chi connectivity index (χ4v) is 4.79. The second-order valence-electron chi connectivity index (χ2n) is 8.50. The predicted octanol–water partition coefficient (Wildman–Crippen LogP) is 4.87. The minimum Gasteiger partial charge on any atom is -0.356 e. The van der Waals surface area contributed by atoms with Gasteiger partial charge in [-0.1, -0.05) is 48.5 Å². The maximum atomic E-state index is 12.0. The Hall–Kier alpha value is -2.09. The van der Waals surface area contributed by atoms with Crippen LogP contribution in [0.25, 0.3) is 0 Å². The summed E-state index contributed by atoms with van der Waals surface area (Å²) in [6, 6.07) is 19.0. The summed E-state index contributed by atoms with van der Waals surface area (Å²) in [5.74, 6) is 2.46. The summed E-state index contributed by atoms with van der Waals surface area (Å²) in [4.78, 5) is 16.4. The molecule has 1 amide bonds. The van der Waals surface area contributed by atoms with Crippen LogP contribution in [0.4, 0.5) is 5.69 Å². The molecule has 4 rings (SSSR count). The quantitative estimate of drug-likeness (QED) is 0.293. The Balaban J connectivity index is 0.00000272. The molecule has 1 unspecified atom stereocenters. The van der Waals surface area contributed by atoms with Crippen LogP contribution in [0.15, 0.2) is 59.6 Å². The zero-order valence-corrected chi connectivity index (χ0v) is 20.5. The summed E-state index contributed by atoms with van der Waals surface area (Å²) >= 11 is 0. The first-order valence-electron chi connectivity index (χ1n) is 11.1. The van der Waals surface area contributed by atoms with Crippen molar-refractivity contribution < 1.29 is 4.79 Å². The van der Waals surface area contributed by atoms with Crippen LogP contribution in [0.5, 0.6) is 0 Å². The summed E-state index contributed by atoms with van der Waals surface area (Å²) in [6.07, 6.45) is 5.52. The number of benzene rings is 2. The number of halogens is 1. The van der Waals surface area contributed by atoms with E-state index in [1.165, 1.54) is 36.8 Å².